The van der Waals surface area contributed by atoms with Crippen LogP contribution in [0.1, 0.15) is 31.8 Å². The lowest BCUT2D eigenvalue weighted by atomic mass is 9.90. The molecular formula is C32H31N3O5Si. The molecule has 0 unspecified atom stereocenters. The molecule has 3 aromatic rings. The first-order valence-electron chi connectivity index (χ1n) is 13.3. The lowest BCUT2D eigenvalue weighted by Crippen LogP contribution is -2.63. The minimum atomic E-state index is -2.18. The molecular weight excluding hydrogens is 534 g/mol. The monoisotopic (exact) mass is 565 g/mol. The maximum absolute atomic E-state index is 12.9. The van der Waals surface area contributed by atoms with Gasteiger partial charge in [0.05, 0.1) is 5.56 Å². The van der Waals surface area contributed by atoms with E-state index < -0.39 is 31.8 Å². The van der Waals surface area contributed by atoms with Crippen molar-refractivity contribution in [2.24, 2.45) is 0 Å². The third-order valence-electron chi connectivity index (χ3n) is 7.79. The molecule has 0 bridgehead atoms. The molecule has 2 aliphatic heterocycles. The summed E-state index contributed by atoms with van der Waals surface area (Å²) in [5, 5.41) is 17.2. The van der Waals surface area contributed by atoms with Gasteiger partial charge in [-0.25, -0.2) is 4.79 Å². The van der Waals surface area contributed by atoms with Crippen LogP contribution in [0.15, 0.2) is 66.7 Å². The van der Waals surface area contributed by atoms with E-state index in [1.54, 1.807) is 12.1 Å². The number of hydrogen-bond donors (Lipinski definition) is 2. The van der Waals surface area contributed by atoms with Crippen LogP contribution < -0.4 is 31.0 Å². The van der Waals surface area contributed by atoms with Gasteiger partial charge in [-0.1, -0.05) is 50.0 Å². The number of anilines is 1. The number of aromatic carboxylic acids is 1. The first kappa shape index (κ1) is 27.8. The molecule has 8 nitrogen and oxygen atoms in total. The smallest absolute Gasteiger partial charge is 0.336 e. The highest BCUT2D eigenvalue weighted by atomic mass is 28.3. The van der Waals surface area contributed by atoms with Crippen LogP contribution in [0.5, 0.6) is 0 Å². The van der Waals surface area contributed by atoms with Gasteiger partial charge in [0, 0.05) is 50.6 Å². The van der Waals surface area contributed by atoms with Gasteiger partial charge in [-0.05, 0) is 61.8 Å². The number of carboxylic acid groups (broad SMARTS) is 1. The van der Waals surface area contributed by atoms with Crippen molar-refractivity contribution in [1.29, 1.82) is 0 Å². The van der Waals surface area contributed by atoms with E-state index in [1.165, 1.54) is 28.6 Å². The van der Waals surface area contributed by atoms with Gasteiger partial charge in [-0.2, -0.15) is 0 Å². The highest BCUT2D eigenvalue weighted by molar-refractivity contribution is 7.01. The van der Waals surface area contributed by atoms with Crippen molar-refractivity contribution >= 4 is 60.0 Å². The van der Waals surface area contributed by atoms with Crippen LogP contribution in [0.2, 0.25) is 13.1 Å². The zero-order valence-electron chi connectivity index (χ0n) is 23.4. The van der Waals surface area contributed by atoms with Gasteiger partial charge in [0.25, 0.3) is 17.7 Å². The fraction of sp³-hybridized carbons (Fsp3) is 0.188. The van der Waals surface area contributed by atoms with Gasteiger partial charge < -0.3 is 15.3 Å². The predicted molar refractivity (Wildman–Crippen MR) is 162 cm³/mol. The zero-order chi connectivity index (χ0) is 29.6. The Kier molecular flexibility index (Phi) is 7.00. The second kappa shape index (κ2) is 10.3. The lowest BCUT2D eigenvalue weighted by Gasteiger charge is -2.34. The van der Waals surface area contributed by atoms with Gasteiger partial charge in [-0.15, -0.1) is 0 Å². The summed E-state index contributed by atoms with van der Waals surface area (Å²) in [5.41, 5.74) is 3.58. The summed E-state index contributed by atoms with van der Waals surface area (Å²) >= 11 is 0. The van der Waals surface area contributed by atoms with E-state index in [2.05, 4.69) is 48.1 Å². The SMILES string of the molecule is C=c1ccc2c(c1)[Si](C)(C)c1cc(N(C)C)ccc1C=2c1ccc(C(=O)NCCN2C(=O)C=CC2=O)cc1C(=O)O. The number of carbonyl (C=O) groups excluding carboxylic acids is 3. The Morgan fingerprint density at radius 3 is 2.27 bits per heavy atom. The molecule has 0 atom stereocenters. The average Bonchev–Trinajstić information content (AvgIpc) is 3.25. The molecule has 3 aromatic carbocycles. The Morgan fingerprint density at radius 2 is 1.61 bits per heavy atom. The third-order valence-corrected chi connectivity index (χ3v) is 11.3. The largest absolute Gasteiger partial charge is 0.478 e. The van der Waals surface area contributed by atoms with Crippen molar-refractivity contribution in [2.45, 2.75) is 13.1 Å². The topological polar surface area (TPSA) is 107 Å². The minimum absolute atomic E-state index is 0.00964. The van der Waals surface area contributed by atoms with E-state index in [1.807, 2.05) is 32.3 Å². The molecule has 0 saturated heterocycles. The van der Waals surface area contributed by atoms with Crippen LogP contribution in [0.25, 0.3) is 12.2 Å². The van der Waals surface area contributed by atoms with E-state index in [-0.39, 0.29) is 24.2 Å². The molecule has 2 aliphatic rings. The van der Waals surface area contributed by atoms with Crippen molar-refractivity contribution in [3.8, 4) is 0 Å². The summed E-state index contributed by atoms with van der Waals surface area (Å²) in [7, 11) is 1.81. The standard InChI is InChI=1S/C32H31N3O5Si/c1-19-6-9-23-26(16-19)41(4,5)27-18-21(34(2)3)8-11-24(27)30(23)22-10-7-20(17-25(22)32(39)40)31(38)33-14-15-35-28(36)12-13-29(35)37/h6-13,16-18H,1,14-15H2,2-5H3,(H,33,38)(H,39,40). The van der Waals surface area contributed by atoms with Gasteiger partial charge >= 0.3 is 5.97 Å². The number of carboxylic acids is 1. The summed E-state index contributed by atoms with van der Waals surface area (Å²) in [6.07, 6.45) is 2.37. The Hall–Kier alpha value is -4.76. The zero-order valence-corrected chi connectivity index (χ0v) is 24.4. The van der Waals surface area contributed by atoms with Gasteiger partial charge in [0.2, 0.25) is 0 Å². The van der Waals surface area contributed by atoms with Crippen LogP contribution in [-0.4, -0.2) is 69.0 Å². The van der Waals surface area contributed by atoms with Crippen molar-refractivity contribution in [3.05, 3.63) is 99.4 Å². The van der Waals surface area contributed by atoms with Crippen molar-refractivity contribution < 1.29 is 24.3 Å². The highest BCUT2D eigenvalue weighted by Gasteiger charge is 2.36. The number of nitrogens with one attached hydrogen (secondary N) is 1. The number of carbonyl (C=O) groups is 4. The summed E-state index contributed by atoms with van der Waals surface area (Å²) in [5.74, 6) is -2.50. The molecule has 41 heavy (non-hydrogen) atoms. The quantitative estimate of drug-likeness (QED) is 0.326. The van der Waals surface area contributed by atoms with E-state index in [4.69, 9.17) is 0 Å². The number of imide groups is 1. The second-order valence-electron chi connectivity index (χ2n) is 11.0. The third kappa shape index (κ3) is 4.89. The second-order valence-corrected chi connectivity index (χ2v) is 15.3. The van der Waals surface area contributed by atoms with Crippen molar-refractivity contribution in [2.75, 3.05) is 32.1 Å². The first-order chi connectivity index (χ1) is 19.4. The van der Waals surface area contributed by atoms with Crippen LogP contribution in [0.4, 0.5) is 5.69 Å². The van der Waals surface area contributed by atoms with E-state index >= 15 is 0 Å². The number of amides is 3. The van der Waals surface area contributed by atoms with Crippen LogP contribution in [0.3, 0.4) is 0 Å². The van der Waals surface area contributed by atoms with Gasteiger partial charge in [-0.3, -0.25) is 19.3 Å². The molecule has 0 aliphatic carbocycles. The lowest BCUT2D eigenvalue weighted by molar-refractivity contribution is -0.136. The van der Waals surface area contributed by atoms with E-state index in [0.717, 1.165) is 32.2 Å². The first-order valence-corrected chi connectivity index (χ1v) is 16.3. The molecule has 208 valence electrons. The maximum Gasteiger partial charge on any atom is 0.336 e. The molecule has 5 rings (SSSR count). The predicted octanol–water partition coefficient (Wildman–Crippen LogP) is 0.899. The Labute approximate surface area is 238 Å². The van der Waals surface area contributed by atoms with E-state index in [0.29, 0.717) is 5.56 Å². The Morgan fingerprint density at radius 1 is 0.927 bits per heavy atom. The molecule has 9 heteroatoms. The number of rotatable bonds is 7. The van der Waals surface area contributed by atoms with Crippen LogP contribution in [0, 0.1) is 0 Å². The molecule has 3 amide bonds. The summed E-state index contributed by atoms with van der Waals surface area (Å²) in [4.78, 5) is 52.2. The summed E-state index contributed by atoms with van der Waals surface area (Å²) in [6.45, 7) is 8.81. The average molecular weight is 566 g/mol. The molecule has 0 fully saturated rings. The van der Waals surface area contributed by atoms with Crippen molar-refractivity contribution in [3.63, 3.8) is 0 Å². The highest BCUT2D eigenvalue weighted by Crippen LogP contribution is 2.29. The van der Waals surface area contributed by atoms with E-state index in [9.17, 15) is 24.3 Å². The molecule has 0 radical (unpaired) electrons. The molecule has 0 saturated carbocycles. The fourth-order valence-electron chi connectivity index (χ4n) is 5.57. The molecule has 0 spiro atoms. The number of hydrogen-bond acceptors (Lipinski definition) is 5. The van der Waals surface area contributed by atoms with Gasteiger partial charge in [0.15, 0.2) is 0 Å². The molecule has 0 aromatic heterocycles. The molecule has 2 heterocycles. The number of nitrogens with zero attached hydrogens (tertiary/aromatic N) is 2. The molecule has 2 N–H and O–H groups in total. The minimum Gasteiger partial charge on any atom is -0.478 e. The summed E-state index contributed by atoms with van der Waals surface area (Å²) in [6, 6.07) is 17.1. The number of benzene rings is 3. The van der Waals surface area contributed by atoms with Crippen LogP contribution in [-0.2, 0) is 9.59 Å². The van der Waals surface area contributed by atoms with Crippen molar-refractivity contribution in [1.82, 2.24) is 10.2 Å². The van der Waals surface area contributed by atoms with Crippen LogP contribution >= 0.6 is 0 Å². The maximum atomic E-state index is 12.9. The number of fused-ring (bicyclic) bond motifs is 2. The van der Waals surface area contributed by atoms with Gasteiger partial charge in [0.1, 0.15) is 8.07 Å². The summed E-state index contributed by atoms with van der Waals surface area (Å²) < 4.78 is 0. The Balaban J connectivity index is 1.60. The Bertz CT molecular complexity index is 1770. The fourth-order valence-corrected chi connectivity index (χ4v) is 8.68. The normalized spacial score (nSPS) is 15.0.